The summed E-state index contributed by atoms with van der Waals surface area (Å²) in [5.74, 6) is -2.35. The van der Waals surface area contributed by atoms with Crippen molar-refractivity contribution in [3.05, 3.63) is 41.5 Å². The second-order valence-electron chi connectivity index (χ2n) is 4.75. The lowest BCUT2D eigenvalue weighted by atomic mass is 10.0. The second-order valence-corrected chi connectivity index (χ2v) is 4.75. The zero-order valence-corrected chi connectivity index (χ0v) is 13.4. The van der Waals surface area contributed by atoms with Crippen molar-refractivity contribution in [3.8, 4) is 17.1 Å². The molecule has 0 fully saturated rings. The average molecular weight is 330 g/mol. The SMILES string of the molecule is CCOC(=O)c1c(O)nc(-c2ccccc2)c(N)c1C(=O)OCC. The minimum Gasteiger partial charge on any atom is -0.493 e. The molecule has 0 aliphatic heterocycles. The summed E-state index contributed by atoms with van der Waals surface area (Å²) in [5, 5.41) is 10.2. The van der Waals surface area contributed by atoms with E-state index in [0.29, 0.717) is 5.56 Å². The average Bonchev–Trinajstić information content (AvgIpc) is 2.57. The molecule has 2 aromatic rings. The molecule has 0 amide bonds. The number of aromatic hydroxyl groups is 1. The number of benzene rings is 1. The largest absolute Gasteiger partial charge is 0.493 e. The molecule has 0 aliphatic rings. The van der Waals surface area contributed by atoms with Crippen LogP contribution in [0.3, 0.4) is 0 Å². The molecule has 0 radical (unpaired) electrons. The van der Waals surface area contributed by atoms with Crippen molar-refractivity contribution in [3.63, 3.8) is 0 Å². The highest BCUT2D eigenvalue weighted by Gasteiger charge is 2.29. The van der Waals surface area contributed by atoms with Gasteiger partial charge in [0.2, 0.25) is 5.88 Å². The summed E-state index contributed by atoms with van der Waals surface area (Å²) in [6.45, 7) is 3.39. The number of nitrogens with two attached hydrogens (primary N) is 1. The molecule has 0 bridgehead atoms. The fourth-order valence-electron chi connectivity index (χ4n) is 2.21. The minimum atomic E-state index is -0.892. The molecule has 7 heteroatoms. The molecule has 3 N–H and O–H groups in total. The molecule has 0 saturated carbocycles. The number of hydrogen-bond donors (Lipinski definition) is 2. The van der Waals surface area contributed by atoms with Crippen LogP contribution in [0.2, 0.25) is 0 Å². The van der Waals surface area contributed by atoms with Crippen molar-refractivity contribution in [2.45, 2.75) is 13.8 Å². The number of hydrogen-bond acceptors (Lipinski definition) is 7. The van der Waals surface area contributed by atoms with E-state index in [0.717, 1.165) is 0 Å². The van der Waals surface area contributed by atoms with Gasteiger partial charge in [0.05, 0.1) is 24.6 Å². The third kappa shape index (κ3) is 3.29. The normalized spacial score (nSPS) is 10.2. The van der Waals surface area contributed by atoms with Crippen LogP contribution in [-0.2, 0) is 9.47 Å². The zero-order chi connectivity index (χ0) is 17.7. The van der Waals surface area contributed by atoms with Crippen LogP contribution in [0.25, 0.3) is 11.3 Å². The maximum atomic E-state index is 12.3. The van der Waals surface area contributed by atoms with Gasteiger partial charge in [-0.2, -0.15) is 0 Å². The van der Waals surface area contributed by atoms with Crippen molar-refractivity contribution in [2.75, 3.05) is 18.9 Å². The first-order valence-electron chi connectivity index (χ1n) is 7.43. The first kappa shape index (κ1) is 17.3. The van der Waals surface area contributed by atoms with Crippen LogP contribution in [-0.4, -0.2) is 35.2 Å². The van der Waals surface area contributed by atoms with Crippen LogP contribution in [0.15, 0.2) is 30.3 Å². The number of esters is 2. The van der Waals surface area contributed by atoms with E-state index in [9.17, 15) is 14.7 Å². The Hall–Kier alpha value is -3.09. The Kier molecular flexibility index (Phi) is 5.36. The molecule has 0 aliphatic carbocycles. The number of carbonyl (C=O) groups excluding carboxylic acids is 2. The first-order chi connectivity index (χ1) is 11.5. The molecule has 126 valence electrons. The van der Waals surface area contributed by atoms with Gasteiger partial charge in [-0.15, -0.1) is 0 Å². The van der Waals surface area contributed by atoms with E-state index in [1.807, 2.05) is 0 Å². The van der Waals surface area contributed by atoms with E-state index in [1.165, 1.54) is 0 Å². The van der Waals surface area contributed by atoms with Gasteiger partial charge in [-0.1, -0.05) is 30.3 Å². The van der Waals surface area contributed by atoms with Gasteiger partial charge in [-0.25, -0.2) is 14.6 Å². The number of nitrogen functional groups attached to an aromatic ring is 1. The highest BCUT2D eigenvalue weighted by Crippen LogP contribution is 2.34. The molecular weight excluding hydrogens is 312 g/mol. The molecule has 0 spiro atoms. The fourth-order valence-corrected chi connectivity index (χ4v) is 2.21. The van der Waals surface area contributed by atoms with Crippen molar-refractivity contribution < 1.29 is 24.2 Å². The monoisotopic (exact) mass is 330 g/mol. The highest BCUT2D eigenvalue weighted by atomic mass is 16.5. The number of anilines is 1. The maximum absolute atomic E-state index is 12.3. The van der Waals surface area contributed by atoms with Gasteiger partial charge in [-0.3, -0.25) is 0 Å². The Labute approximate surface area is 139 Å². The number of carbonyl (C=O) groups is 2. The molecule has 0 unspecified atom stereocenters. The summed E-state index contributed by atoms with van der Waals surface area (Å²) < 4.78 is 9.83. The lowest BCUT2D eigenvalue weighted by Gasteiger charge is -2.15. The van der Waals surface area contributed by atoms with Crippen molar-refractivity contribution in [2.24, 2.45) is 0 Å². The van der Waals surface area contributed by atoms with Gasteiger partial charge < -0.3 is 20.3 Å². The number of aromatic nitrogens is 1. The van der Waals surface area contributed by atoms with E-state index in [2.05, 4.69) is 4.98 Å². The topological polar surface area (TPSA) is 112 Å². The lowest BCUT2D eigenvalue weighted by molar-refractivity contribution is 0.0476. The second kappa shape index (κ2) is 7.45. The van der Waals surface area contributed by atoms with Crippen LogP contribution >= 0.6 is 0 Å². The molecule has 24 heavy (non-hydrogen) atoms. The predicted octanol–water partition coefficient (Wildman–Crippen LogP) is 2.39. The van der Waals surface area contributed by atoms with Crippen molar-refractivity contribution in [1.82, 2.24) is 4.98 Å². The molecular formula is C17H18N2O5. The maximum Gasteiger partial charge on any atom is 0.344 e. The van der Waals surface area contributed by atoms with Crippen LogP contribution in [0, 0.1) is 0 Å². The Morgan fingerprint density at radius 3 is 2.12 bits per heavy atom. The van der Waals surface area contributed by atoms with Crippen LogP contribution in [0.5, 0.6) is 5.88 Å². The van der Waals surface area contributed by atoms with Gasteiger partial charge in [-0.05, 0) is 13.8 Å². The summed E-state index contributed by atoms with van der Waals surface area (Å²) in [6, 6.07) is 8.76. The summed E-state index contributed by atoms with van der Waals surface area (Å²) in [7, 11) is 0. The van der Waals surface area contributed by atoms with Gasteiger partial charge in [0.15, 0.2) is 0 Å². The quantitative estimate of drug-likeness (QED) is 0.809. The van der Waals surface area contributed by atoms with Gasteiger partial charge in [0.1, 0.15) is 11.1 Å². The Bertz CT molecular complexity index is 759. The first-order valence-corrected chi connectivity index (χ1v) is 7.43. The van der Waals surface area contributed by atoms with Gasteiger partial charge in [0, 0.05) is 5.56 Å². The van der Waals surface area contributed by atoms with E-state index in [-0.39, 0.29) is 30.2 Å². The van der Waals surface area contributed by atoms with E-state index in [4.69, 9.17) is 15.2 Å². The molecule has 1 aromatic heterocycles. The number of rotatable bonds is 5. The van der Waals surface area contributed by atoms with Gasteiger partial charge >= 0.3 is 11.9 Å². The van der Waals surface area contributed by atoms with Gasteiger partial charge in [0.25, 0.3) is 0 Å². The van der Waals surface area contributed by atoms with Crippen LogP contribution < -0.4 is 5.73 Å². The van der Waals surface area contributed by atoms with E-state index in [1.54, 1.807) is 44.2 Å². The summed E-state index contributed by atoms with van der Waals surface area (Å²) in [6.07, 6.45) is 0. The van der Waals surface area contributed by atoms with E-state index < -0.39 is 23.4 Å². The Morgan fingerprint density at radius 1 is 1.04 bits per heavy atom. The molecule has 2 rings (SSSR count). The molecule has 0 atom stereocenters. The predicted molar refractivity (Wildman–Crippen MR) is 87.7 cm³/mol. The summed E-state index contributed by atoms with van der Waals surface area (Å²) in [5.41, 5.74) is 6.14. The minimum absolute atomic E-state index is 0.0551. The number of nitrogens with zero attached hydrogens (tertiary/aromatic N) is 1. The standard InChI is InChI=1S/C17H18N2O5/c1-3-23-16(21)11-12(17(22)24-4-2)15(20)19-14(13(11)18)10-8-6-5-7-9-10/h5-9H,3-4,18H2,1-2H3,(H,19,20). The molecule has 0 saturated heterocycles. The number of pyridine rings is 1. The molecule has 1 aromatic carbocycles. The Morgan fingerprint density at radius 2 is 1.58 bits per heavy atom. The molecule has 1 heterocycles. The van der Waals surface area contributed by atoms with Crippen LogP contribution in [0.1, 0.15) is 34.6 Å². The number of ether oxygens (including phenoxy) is 2. The lowest BCUT2D eigenvalue weighted by Crippen LogP contribution is -2.18. The van der Waals surface area contributed by atoms with E-state index >= 15 is 0 Å². The smallest absolute Gasteiger partial charge is 0.344 e. The van der Waals surface area contributed by atoms with Crippen LogP contribution in [0.4, 0.5) is 5.69 Å². The molecule has 7 nitrogen and oxygen atoms in total. The third-order valence-electron chi connectivity index (χ3n) is 3.22. The summed E-state index contributed by atoms with van der Waals surface area (Å²) >= 11 is 0. The highest BCUT2D eigenvalue weighted by molar-refractivity contribution is 6.10. The third-order valence-corrected chi connectivity index (χ3v) is 3.22. The fraction of sp³-hybridized carbons (Fsp3) is 0.235. The summed E-state index contributed by atoms with van der Waals surface area (Å²) in [4.78, 5) is 28.4. The van der Waals surface area contributed by atoms with Crippen molar-refractivity contribution in [1.29, 1.82) is 0 Å². The van der Waals surface area contributed by atoms with Crippen molar-refractivity contribution >= 4 is 17.6 Å². The zero-order valence-electron chi connectivity index (χ0n) is 13.4. The Balaban J connectivity index is 2.72.